The van der Waals surface area contributed by atoms with E-state index < -0.39 is 16.1 Å². The predicted molar refractivity (Wildman–Crippen MR) is 173 cm³/mol. The van der Waals surface area contributed by atoms with Crippen LogP contribution in [-0.4, -0.2) is 49.1 Å². The van der Waals surface area contributed by atoms with Crippen LogP contribution in [0.1, 0.15) is 74.1 Å². The third-order valence-corrected chi connectivity index (χ3v) is 10.6. The number of rotatable bonds is 13. The molecule has 45 heavy (non-hydrogen) atoms. The van der Waals surface area contributed by atoms with Gasteiger partial charge in [-0.05, 0) is 92.3 Å². The molecule has 0 radical (unpaired) electrons. The Morgan fingerprint density at radius 2 is 1.53 bits per heavy atom. The SMILES string of the molecule is O=C(NCCC1=CCCCC1)C(c1ccccc1)N(Cc1ccc(F)cc1)C(=O)CCc1ccc(S(=O)(=O)N2CCCC2)cc1. The van der Waals surface area contributed by atoms with Crippen LogP contribution < -0.4 is 5.32 Å². The summed E-state index contributed by atoms with van der Waals surface area (Å²) in [5.74, 6) is -0.863. The Hall–Kier alpha value is -3.82. The maximum absolute atomic E-state index is 14.0. The summed E-state index contributed by atoms with van der Waals surface area (Å²) in [4.78, 5) is 29.7. The zero-order chi connectivity index (χ0) is 31.6. The molecule has 1 heterocycles. The monoisotopic (exact) mass is 631 g/mol. The number of carbonyl (C=O) groups is 2. The highest BCUT2D eigenvalue weighted by molar-refractivity contribution is 7.89. The van der Waals surface area contributed by atoms with E-state index in [1.807, 2.05) is 30.3 Å². The molecule has 2 aliphatic rings. The lowest BCUT2D eigenvalue weighted by atomic mass is 9.97. The van der Waals surface area contributed by atoms with E-state index in [0.29, 0.717) is 37.2 Å². The summed E-state index contributed by atoms with van der Waals surface area (Å²) in [6.07, 6.45) is 9.78. The van der Waals surface area contributed by atoms with E-state index in [0.717, 1.165) is 37.7 Å². The van der Waals surface area contributed by atoms with Gasteiger partial charge in [0.05, 0.1) is 4.90 Å². The van der Waals surface area contributed by atoms with Crippen molar-refractivity contribution in [1.29, 1.82) is 0 Å². The molecule has 238 valence electrons. The number of benzene rings is 3. The molecule has 1 saturated heterocycles. The molecule has 1 aliphatic heterocycles. The van der Waals surface area contributed by atoms with Crippen LogP contribution in [-0.2, 0) is 32.6 Å². The van der Waals surface area contributed by atoms with Gasteiger partial charge in [0.2, 0.25) is 21.8 Å². The van der Waals surface area contributed by atoms with Crippen molar-refractivity contribution < 1.29 is 22.4 Å². The van der Waals surface area contributed by atoms with E-state index in [9.17, 15) is 22.4 Å². The first kappa shape index (κ1) is 32.6. The number of aryl methyl sites for hydroxylation is 1. The topological polar surface area (TPSA) is 86.8 Å². The molecule has 0 spiro atoms. The molecule has 9 heteroatoms. The van der Waals surface area contributed by atoms with Crippen LogP contribution in [0.2, 0.25) is 0 Å². The second kappa shape index (κ2) is 15.5. The average molecular weight is 632 g/mol. The van der Waals surface area contributed by atoms with Crippen LogP contribution in [0.4, 0.5) is 4.39 Å². The van der Waals surface area contributed by atoms with Crippen molar-refractivity contribution in [2.75, 3.05) is 19.6 Å². The van der Waals surface area contributed by atoms with Crippen molar-refractivity contribution in [2.24, 2.45) is 0 Å². The molecule has 1 unspecified atom stereocenters. The van der Waals surface area contributed by atoms with E-state index >= 15 is 0 Å². The summed E-state index contributed by atoms with van der Waals surface area (Å²) in [6, 6.07) is 21.1. The van der Waals surface area contributed by atoms with E-state index in [2.05, 4.69) is 11.4 Å². The lowest BCUT2D eigenvalue weighted by Gasteiger charge is -2.32. The zero-order valence-electron chi connectivity index (χ0n) is 25.7. The van der Waals surface area contributed by atoms with E-state index in [4.69, 9.17) is 0 Å². The molecule has 3 aromatic carbocycles. The number of carbonyl (C=O) groups excluding carboxylic acids is 2. The van der Waals surface area contributed by atoms with Crippen LogP contribution in [0, 0.1) is 5.82 Å². The van der Waals surface area contributed by atoms with Gasteiger partial charge in [0.1, 0.15) is 11.9 Å². The molecule has 7 nitrogen and oxygen atoms in total. The van der Waals surface area contributed by atoms with Gasteiger partial charge in [-0.15, -0.1) is 0 Å². The first-order chi connectivity index (χ1) is 21.8. The van der Waals surface area contributed by atoms with Gasteiger partial charge >= 0.3 is 0 Å². The number of allylic oxidation sites excluding steroid dienone is 1. The van der Waals surface area contributed by atoms with Gasteiger partial charge in [-0.1, -0.05) is 66.2 Å². The number of halogens is 1. The van der Waals surface area contributed by atoms with E-state index in [1.54, 1.807) is 41.3 Å². The molecule has 3 aromatic rings. The molecule has 1 fully saturated rings. The van der Waals surface area contributed by atoms with Crippen molar-refractivity contribution >= 4 is 21.8 Å². The summed E-state index contributed by atoms with van der Waals surface area (Å²) in [5.41, 5.74) is 3.59. The Morgan fingerprint density at radius 3 is 2.20 bits per heavy atom. The van der Waals surface area contributed by atoms with E-state index in [1.165, 1.54) is 34.9 Å². The smallest absolute Gasteiger partial charge is 0.247 e. The number of sulfonamides is 1. The molecule has 1 N–H and O–H groups in total. The van der Waals surface area contributed by atoms with Gasteiger partial charge in [0, 0.05) is 32.6 Å². The Kier molecular flexibility index (Phi) is 11.2. The summed E-state index contributed by atoms with van der Waals surface area (Å²) >= 11 is 0. The van der Waals surface area contributed by atoms with Crippen LogP contribution in [0.3, 0.4) is 0 Å². The summed E-state index contributed by atoms with van der Waals surface area (Å²) < 4.78 is 41.1. The number of nitrogens with one attached hydrogen (secondary N) is 1. The summed E-state index contributed by atoms with van der Waals surface area (Å²) in [5, 5.41) is 3.08. The molecule has 0 bridgehead atoms. The number of hydrogen-bond donors (Lipinski definition) is 1. The number of hydrogen-bond acceptors (Lipinski definition) is 4. The fraction of sp³-hybridized carbons (Fsp3) is 0.389. The lowest BCUT2D eigenvalue weighted by Crippen LogP contribution is -2.43. The standard InChI is InChI=1S/C36H42FN3O4S/c37-32-18-13-30(14-19-32)27-40(34(41)22-17-29-15-20-33(21-16-29)45(43,44)39-25-7-8-26-39)35(31-11-5-2-6-12-31)36(42)38-24-23-28-9-3-1-4-10-28/h2,5-6,9,11-16,18-21,35H,1,3-4,7-8,10,17,22-27H2,(H,38,42). The molecule has 2 amide bonds. The van der Waals surface area contributed by atoms with Crippen LogP contribution in [0.25, 0.3) is 0 Å². The number of amides is 2. The predicted octanol–water partition coefficient (Wildman–Crippen LogP) is 6.32. The van der Waals surface area contributed by atoms with Gasteiger partial charge in [-0.25, -0.2) is 12.8 Å². The Morgan fingerprint density at radius 1 is 0.844 bits per heavy atom. The fourth-order valence-electron chi connectivity index (χ4n) is 6.09. The highest BCUT2D eigenvalue weighted by Crippen LogP contribution is 2.27. The fourth-order valence-corrected chi connectivity index (χ4v) is 7.61. The summed E-state index contributed by atoms with van der Waals surface area (Å²) in [6.45, 7) is 1.69. The minimum absolute atomic E-state index is 0.114. The molecular weight excluding hydrogens is 589 g/mol. The van der Waals surface area contributed by atoms with Crippen molar-refractivity contribution in [3.63, 3.8) is 0 Å². The third-order valence-electron chi connectivity index (χ3n) is 8.65. The minimum Gasteiger partial charge on any atom is -0.354 e. The average Bonchev–Trinajstić information content (AvgIpc) is 3.62. The van der Waals surface area contributed by atoms with Crippen molar-refractivity contribution in [3.05, 3.63) is 113 Å². The van der Waals surface area contributed by atoms with Gasteiger partial charge in [-0.3, -0.25) is 9.59 Å². The second-order valence-corrected chi connectivity index (χ2v) is 13.8. The maximum atomic E-state index is 14.0. The first-order valence-electron chi connectivity index (χ1n) is 15.9. The quantitative estimate of drug-likeness (QED) is 0.224. The van der Waals surface area contributed by atoms with Crippen molar-refractivity contribution in [2.45, 2.75) is 75.3 Å². The zero-order valence-corrected chi connectivity index (χ0v) is 26.5. The largest absolute Gasteiger partial charge is 0.354 e. The molecule has 0 saturated carbocycles. The Bertz CT molecular complexity index is 1570. The van der Waals surface area contributed by atoms with Crippen LogP contribution in [0.15, 0.2) is 95.4 Å². The summed E-state index contributed by atoms with van der Waals surface area (Å²) in [7, 11) is -3.52. The van der Waals surface area contributed by atoms with Crippen LogP contribution >= 0.6 is 0 Å². The molecule has 1 atom stereocenters. The van der Waals surface area contributed by atoms with Gasteiger partial charge in [-0.2, -0.15) is 4.31 Å². The van der Waals surface area contributed by atoms with E-state index in [-0.39, 0.29) is 35.5 Å². The molecular formula is C36H42FN3O4S. The molecule has 5 rings (SSSR count). The first-order valence-corrected chi connectivity index (χ1v) is 17.4. The van der Waals surface area contributed by atoms with Gasteiger partial charge < -0.3 is 10.2 Å². The maximum Gasteiger partial charge on any atom is 0.247 e. The van der Waals surface area contributed by atoms with Crippen molar-refractivity contribution in [1.82, 2.24) is 14.5 Å². The lowest BCUT2D eigenvalue weighted by molar-refractivity contribution is -0.141. The highest BCUT2D eigenvalue weighted by atomic mass is 32.2. The van der Waals surface area contributed by atoms with Gasteiger partial charge in [0.15, 0.2) is 0 Å². The molecule has 0 aromatic heterocycles. The third kappa shape index (κ3) is 8.67. The normalized spacial score (nSPS) is 16.2. The number of nitrogens with zero attached hydrogens (tertiary/aromatic N) is 2. The van der Waals surface area contributed by atoms with Crippen molar-refractivity contribution in [3.8, 4) is 0 Å². The highest BCUT2D eigenvalue weighted by Gasteiger charge is 2.32. The Labute approximate surface area is 266 Å². The van der Waals surface area contributed by atoms with Gasteiger partial charge in [0.25, 0.3) is 0 Å². The minimum atomic E-state index is -3.52. The second-order valence-electron chi connectivity index (χ2n) is 11.9. The molecule has 1 aliphatic carbocycles. The Balaban J connectivity index is 1.34. The van der Waals surface area contributed by atoms with Crippen LogP contribution in [0.5, 0.6) is 0 Å².